The van der Waals surface area contributed by atoms with Gasteiger partial charge in [-0.3, -0.25) is 4.79 Å². The lowest BCUT2D eigenvalue weighted by molar-refractivity contribution is 0.262. The summed E-state index contributed by atoms with van der Waals surface area (Å²) >= 11 is 1.000. The summed E-state index contributed by atoms with van der Waals surface area (Å²) in [6, 6.07) is 1.87. The number of aromatic nitrogens is 2. The Balaban J connectivity index is 2.83. The van der Waals surface area contributed by atoms with Crippen molar-refractivity contribution in [3.8, 4) is 0 Å². The van der Waals surface area contributed by atoms with Crippen molar-refractivity contribution < 1.29 is 4.79 Å². The summed E-state index contributed by atoms with van der Waals surface area (Å²) in [5, 5.41) is 2.85. The fourth-order valence-corrected chi connectivity index (χ4v) is 1.52. The van der Waals surface area contributed by atoms with Crippen LogP contribution in [0.5, 0.6) is 0 Å². The lowest BCUT2D eigenvalue weighted by Gasteiger charge is -2.00. The zero-order valence-corrected chi connectivity index (χ0v) is 8.60. The minimum absolute atomic E-state index is 0.148. The van der Waals surface area contributed by atoms with Gasteiger partial charge in [-0.15, -0.1) is 0 Å². The molecule has 13 heavy (non-hydrogen) atoms. The molecular weight excluding hydrogens is 186 g/mol. The number of nitrogens with zero attached hydrogens (tertiary/aromatic N) is 2. The molecule has 0 aliphatic heterocycles. The van der Waals surface area contributed by atoms with E-state index in [4.69, 9.17) is 0 Å². The molecule has 1 aromatic heterocycles. The Morgan fingerprint density at radius 1 is 1.38 bits per heavy atom. The van der Waals surface area contributed by atoms with Gasteiger partial charge in [0.2, 0.25) is 0 Å². The Morgan fingerprint density at radius 2 is 1.92 bits per heavy atom. The van der Waals surface area contributed by atoms with Gasteiger partial charge in [-0.25, -0.2) is 9.97 Å². The molecule has 4 nitrogen and oxygen atoms in total. The van der Waals surface area contributed by atoms with Gasteiger partial charge in [-0.1, -0.05) is 0 Å². The Hall–Kier alpha value is -1.10. The molecule has 0 aliphatic rings. The largest absolute Gasteiger partial charge is 0.350 e. The van der Waals surface area contributed by atoms with Gasteiger partial charge in [0.05, 0.1) is 0 Å². The Bertz CT molecular complexity index is 307. The highest BCUT2D eigenvalue weighted by Gasteiger charge is 2.05. The third-order valence-electron chi connectivity index (χ3n) is 1.35. The third-order valence-corrected chi connectivity index (χ3v) is 2.10. The van der Waals surface area contributed by atoms with Crippen LogP contribution in [0.15, 0.2) is 11.2 Å². The van der Waals surface area contributed by atoms with Crippen LogP contribution < -0.4 is 5.32 Å². The standard InChI is InChI=1S/C8H11N3OS/c1-5-4-6(2)11-7(10-5)13-8(12)9-3/h4H,1-3H3,(H,9,12). The Kier molecular flexibility index (Phi) is 3.25. The number of aryl methyl sites for hydroxylation is 2. The summed E-state index contributed by atoms with van der Waals surface area (Å²) < 4.78 is 0. The smallest absolute Gasteiger partial charge is 0.286 e. The van der Waals surface area contributed by atoms with Crippen LogP contribution in [-0.4, -0.2) is 22.3 Å². The van der Waals surface area contributed by atoms with E-state index in [0.29, 0.717) is 5.16 Å². The number of carbonyl (C=O) groups is 1. The molecule has 0 saturated carbocycles. The molecule has 1 amide bonds. The zero-order valence-electron chi connectivity index (χ0n) is 7.79. The maximum absolute atomic E-state index is 11.0. The average Bonchev–Trinajstić information content (AvgIpc) is 2.02. The number of thioether (sulfide) groups is 1. The molecular formula is C8H11N3OS. The normalized spacial score (nSPS) is 9.77. The monoisotopic (exact) mass is 197 g/mol. The first kappa shape index (κ1) is 9.98. The van der Waals surface area contributed by atoms with Crippen LogP contribution in [0.1, 0.15) is 11.4 Å². The quantitative estimate of drug-likeness (QED) is 0.548. The summed E-state index contributed by atoms with van der Waals surface area (Å²) in [4.78, 5) is 19.2. The van der Waals surface area contributed by atoms with E-state index in [2.05, 4.69) is 15.3 Å². The highest BCUT2D eigenvalue weighted by molar-refractivity contribution is 8.13. The number of rotatable bonds is 1. The molecule has 0 spiro atoms. The average molecular weight is 197 g/mol. The lowest BCUT2D eigenvalue weighted by Crippen LogP contribution is -2.11. The molecule has 1 heterocycles. The summed E-state index contributed by atoms with van der Waals surface area (Å²) in [5.41, 5.74) is 1.75. The molecule has 0 aliphatic carbocycles. The van der Waals surface area contributed by atoms with Crippen molar-refractivity contribution in [3.05, 3.63) is 17.5 Å². The van der Waals surface area contributed by atoms with Crippen molar-refractivity contribution in [2.24, 2.45) is 0 Å². The van der Waals surface area contributed by atoms with Crippen LogP contribution >= 0.6 is 11.8 Å². The molecule has 0 radical (unpaired) electrons. The number of nitrogens with one attached hydrogen (secondary N) is 1. The first-order valence-electron chi connectivity index (χ1n) is 3.83. The van der Waals surface area contributed by atoms with Gasteiger partial charge in [0.25, 0.3) is 5.24 Å². The molecule has 5 heteroatoms. The van der Waals surface area contributed by atoms with Crippen molar-refractivity contribution in [2.75, 3.05) is 7.05 Å². The maximum Gasteiger partial charge on any atom is 0.286 e. The SMILES string of the molecule is CNC(=O)Sc1nc(C)cc(C)n1. The predicted octanol–water partition coefficient (Wildman–Crippen LogP) is 1.52. The molecule has 0 atom stereocenters. The van der Waals surface area contributed by atoms with Gasteiger partial charge in [-0.2, -0.15) is 0 Å². The van der Waals surface area contributed by atoms with E-state index in [0.717, 1.165) is 23.1 Å². The van der Waals surface area contributed by atoms with Gasteiger partial charge in [0, 0.05) is 30.2 Å². The van der Waals surface area contributed by atoms with Crippen molar-refractivity contribution in [1.29, 1.82) is 0 Å². The molecule has 0 unspecified atom stereocenters. The van der Waals surface area contributed by atoms with E-state index in [1.54, 1.807) is 7.05 Å². The number of carbonyl (C=O) groups excluding carboxylic acids is 1. The van der Waals surface area contributed by atoms with Crippen molar-refractivity contribution in [2.45, 2.75) is 19.0 Å². The Morgan fingerprint density at radius 3 is 2.38 bits per heavy atom. The summed E-state index contributed by atoms with van der Waals surface area (Å²) in [6.07, 6.45) is 0. The fourth-order valence-electron chi connectivity index (χ4n) is 0.873. The second-order valence-corrected chi connectivity index (χ2v) is 3.51. The molecule has 0 saturated heterocycles. The van der Waals surface area contributed by atoms with E-state index in [9.17, 15) is 4.79 Å². The molecule has 1 N–H and O–H groups in total. The third kappa shape index (κ3) is 3.02. The molecule has 0 fully saturated rings. The van der Waals surface area contributed by atoms with E-state index in [1.165, 1.54) is 0 Å². The molecule has 0 bridgehead atoms. The summed E-state index contributed by atoms with van der Waals surface area (Å²) in [7, 11) is 1.58. The number of hydrogen-bond donors (Lipinski definition) is 1. The minimum Gasteiger partial charge on any atom is -0.350 e. The van der Waals surface area contributed by atoms with Gasteiger partial charge < -0.3 is 5.32 Å². The van der Waals surface area contributed by atoms with E-state index in [1.807, 2.05) is 19.9 Å². The van der Waals surface area contributed by atoms with Crippen molar-refractivity contribution >= 4 is 17.0 Å². The van der Waals surface area contributed by atoms with Gasteiger partial charge in [0.1, 0.15) is 0 Å². The predicted molar refractivity (Wildman–Crippen MR) is 51.8 cm³/mol. The van der Waals surface area contributed by atoms with Crippen LogP contribution in [-0.2, 0) is 0 Å². The van der Waals surface area contributed by atoms with Crippen LogP contribution in [0.2, 0.25) is 0 Å². The summed E-state index contributed by atoms with van der Waals surface area (Å²) in [6.45, 7) is 3.76. The van der Waals surface area contributed by atoms with Gasteiger partial charge in [0.15, 0.2) is 5.16 Å². The van der Waals surface area contributed by atoms with Crippen LogP contribution in [0.3, 0.4) is 0 Å². The highest BCUT2D eigenvalue weighted by atomic mass is 32.2. The topological polar surface area (TPSA) is 54.9 Å². The fraction of sp³-hybridized carbons (Fsp3) is 0.375. The maximum atomic E-state index is 11.0. The first-order valence-corrected chi connectivity index (χ1v) is 4.65. The Labute approximate surface area is 81.2 Å². The van der Waals surface area contributed by atoms with Crippen LogP contribution in [0, 0.1) is 13.8 Å². The van der Waals surface area contributed by atoms with Crippen LogP contribution in [0.4, 0.5) is 4.79 Å². The second-order valence-electron chi connectivity index (χ2n) is 2.57. The minimum atomic E-state index is -0.148. The molecule has 1 aromatic rings. The van der Waals surface area contributed by atoms with E-state index >= 15 is 0 Å². The first-order chi connectivity index (χ1) is 6.11. The number of amides is 1. The van der Waals surface area contributed by atoms with E-state index < -0.39 is 0 Å². The highest BCUT2D eigenvalue weighted by Crippen LogP contribution is 2.13. The molecule has 0 aromatic carbocycles. The zero-order chi connectivity index (χ0) is 9.84. The lowest BCUT2D eigenvalue weighted by atomic mass is 10.4. The van der Waals surface area contributed by atoms with E-state index in [-0.39, 0.29) is 5.24 Å². The molecule has 70 valence electrons. The van der Waals surface area contributed by atoms with Gasteiger partial charge >= 0.3 is 0 Å². The van der Waals surface area contributed by atoms with Crippen molar-refractivity contribution in [1.82, 2.24) is 15.3 Å². The number of hydrogen-bond acceptors (Lipinski definition) is 4. The van der Waals surface area contributed by atoms with Gasteiger partial charge in [-0.05, 0) is 19.9 Å². The summed E-state index contributed by atoms with van der Waals surface area (Å²) in [5.74, 6) is 0. The van der Waals surface area contributed by atoms with Crippen molar-refractivity contribution in [3.63, 3.8) is 0 Å². The second kappa shape index (κ2) is 4.23. The van der Waals surface area contributed by atoms with Crippen LogP contribution in [0.25, 0.3) is 0 Å². The molecule has 1 rings (SSSR count).